The van der Waals surface area contributed by atoms with Gasteiger partial charge in [0.15, 0.2) is 9.84 Å². The number of piperidine rings is 1. The predicted octanol–water partition coefficient (Wildman–Crippen LogP) is 3.63. The molecule has 1 heterocycles. The van der Waals surface area contributed by atoms with Crippen molar-refractivity contribution < 1.29 is 17.6 Å². The first-order valence-electron chi connectivity index (χ1n) is 8.35. The summed E-state index contributed by atoms with van der Waals surface area (Å²) < 4.78 is 38.5. The highest BCUT2D eigenvalue weighted by Gasteiger charge is 2.33. The van der Waals surface area contributed by atoms with Crippen molar-refractivity contribution in [3.63, 3.8) is 0 Å². The molecule has 138 valence electrons. The first-order chi connectivity index (χ1) is 12.4. The van der Waals surface area contributed by atoms with E-state index in [1.807, 2.05) is 24.5 Å². The van der Waals surface area contributed by atoms with Crippen LogP contribution in [0.3, 0.4) is 0 Å². The van der Waals surface area contributed by atoms with Crippen molar-refractivity contribution in [2.24, 2.45) is 0 Å². The molecule has 4 nitrogen and oxygen atoms in total. The van der Waals surface area contributed by atoms with Gasteiger partial charge in [-0.2, -0.15) is 0 Å². The van der Waals surface area contributed by atoms with E-state index in [4.69, 9.17) is 0 Å². The van der Waals surface area contributed by atoms with Gasteiger partial charge in [-0.25, -0.2) is 12.8 Å². The smallest absolute Gasteiger partial charge is 0.254 e. The van der Waals surface area contributed by atoms with Gasteiger partial charge < -0.3 is 4.90 Å². The number of hydrogen-bond donors (Lipinski definition) is 0. The predicted molar refractivity (Wildman–Crippen MR) is 101 cm³/mol. The molecular weight excluding hydrogens is 373 g/mol. The molecule has 0 N–H and O–H groups in total. The molecule has 7 heteroatoms. The Labute approximate surface area is 157 Å². The molecule has 26 heavy (non-hydrogen) atoms. The number of sulfone groups is 1. The lowest BCUT2D eigenvalue weighted by Gasteiger charge is -2.32. The number of carbonyl (C=O) groups is 1. The van der Waals surface area contributed by atoms with Crippen LogP contribution in [0.2, 0.25) is 0 Å². The molecule has 3 rings (SSSR count). The third-order valence-corrected chi connectivity index (χ3v) is 7.72. The minimum atomic E-state index is -3.51. The van der Waals surface area contributed by atoms with Gasteiger partial charge in [0.1, 0.15) is 5.82 Å². The van der Waals surface area contributed by atoms with Crippen LogP contribution < -0.4 is 0 Å². The molecule has 1 saturated heterocycles. The lowest BCUT2D eigenvalue weighted by molar-refractivity contribution is 0.0722. The number of amides is 1. The van der Waals surface area contributed by atoms with E-state index in [1.165, 1.54) is 23.9 Å². The Morgan fingerprint density at radius 2 is 1.69 bits per heavy atom. The first-order valence-corrected chi connectivity index (χ1v) is 11.1. The van der Waals surface area contributed by atoms with Crippen LogP contribution in [0, 0.1) is 5.82 Å². The molecule has 0 bridgehead atoms. The molecule has 0 radical (unpaired) electrons. The third kappa shape index (κ3) is 3.78. The maximum absolute atomic E-state index is 13.0. The number of likely N-dealkylation sites (tertiary alicyclic amines) is 1. The molecule has 0 unspecified atom stereocenters. The average molecular weight is 394 g/mol. The maximum atomic E-state index is 13.0. The fourth-order valence-corrected chi connectivity index (χ4v) is 5.50. The van der Waals surface area contributed by atoms with Gasteiger partial charge in [0.05, 0.1) is 15.7 Å². The normalized spacial score (nSPS) is 15.8. The SMILES string of the molecule is CSc1ccccc1C(=O)N1CCC(S(=O)(=O)c2ccc(F)cc2)CC1. The molecule has 2 aromatic rings. The number of benzene rings is 2. The van der Waals surface area contributed by atoms with Gasteiger partial charge >= 0.3 is 0 Å². The zero-order valence-corrected chi connectivity index (χ0v) is 16.0. The van der Waals surface area contributed by atoms with Crippen LogP contribution in [0.1, 0.15) is 23.2 Å². The van der Waals surface area contributed by atoms with E-state index in [0.717, 1.165) is 17.0 Å². The van der Waals surface area contributed by atoms with E-state index in [2.05, 4.69) is 0 Å². The van der Waals surface area contributed by atoms with Crippen LogP contribution in [0.5, 0.6) is 0 Å². The van der Waals surface area contributed by atoms with Crippen LogP contribution in [0.25, 0.3) is 0 Å². The molecule has 1 aliphatic heterocycles. The topological polar surface area (TPSA) is 54.5 Å². The van der Waals surface area contributed by atoms with E-state index in [-0.39, 0.29) is 10.8 Å². The van der Waals surface area contributed by atoms with E-state index in [1.54, 1.807) is 11.0 Å². The van der Waals surface area contributed by atoms with E-state index >= 15 is 0 Å². The van der Waals surface area contributed by atoms with Gasteiger partial charge in [-0.15, -0.1) is 11.8 Å². The van der Waals surface area contributed by atoms with Gasteiger partial charge in [-0.1, -0.05) is 12.1 Å². The van der Waals surface area contributed by atoms with Crippen LogP contribution in [0.15, 0.2) is 58.3 Å². The fourth-order valence-electron chi connectivity index (χ4n) is 3.18. The second kappa shape index (κ2) is 7.80. The Balaban J connectivity index is 1.71. The molecular formula is C19H20FNO3S2. The Hall–Kier alpha value is -1.86. The van der Waals surface area contributed by atoms with E-state index in [9.17, 15) is 17.6 Å². The second-order valence-corrected chi connectivity index (χ2v) is 9.27. The number of halogens is 1. The highest BCUT2D eigenvalue weighted by Crippen LogP contribution is 2.27. The van der Waals surface area contributed by atoms with Crippen molar-refractivity contribution in [3.8, 4) is 0 Å². The summed E-state index contributed by atoms with van der Waals surface area (Å²) in [6.07, 6.45) is 2.69. The molecule has 1 fully saturated rings. The third-order valence-electron chi connectivity index (χ3n) is 4.65. The van der Waals surface area contributed by atoms with Crippen molar-refractivity contribution in [3.05, 3.63) is 59.9 Å². The summed E-state index contributed by atoms with van der Waals surface area (Å²) in [7, 11) is -3.51. The number of carbonyl (C=O) groups excluding carboxylic acids is 1. The summed E-state index contributed by atoms with van der Waals surface area (Å²) in [5.41, 5.74) is 0.653. The summed E-state index contributed by atoms with van der Waals surface area (Å²) in [5.74, 6) is -0.524. The monoisotopic (exact) mass is 393 g/mol. The summed E-state index contributed by atoms with van der Waals surface area (Å²) in [4.78, 5) is 15.5. The van der Waals surface area contributed by atoms with Crippen molar-refractivity contribution in [1.29, 1.82) is 0 Å². The van der Waals surface area contributed by atoms with E-state index < -0.39 is 20.9 Å². The highest BCUT2D eigenvalue weighted by molar-refractivity contribution is 7.98. The lowest BCUT2D eigenvalue weighted by atomic mass is 10.1. The Bertz CT molecular complexity index is 889. The molecule has 0 spiro atoms. The van der Waals surface area contributed by atoms with Gasteiger partial charge in [0.25, 0.3) is 5.91 Å². The highest BCUT2D eigenvalue weighted by atomic mass is 32.2. The number of hydrogen-bond acceptors (Lipinski definition) is 4. The number of nitrogens with zero attached hydrogens (tertiary/aromatic N) is 1. The standard InChI is InChI=1S/C19H20FNO3S2/c1-25-18-5-3-2-4-17(18)19(22)21-12-10-16(11-13-21)26(23,24)15-8-6-14(20)7-9-15/h2-9,16H,10-13H2,1H3. The summed E-state index contributed by atoms with van der Waals surface area (Å²) in [6.45, 7) is 0.791. The van der Waals surface area contributed by atoms with E-state index in [0.29, 0.717) is 31.5 Å². The molecule has 0 saturated carbocycles. The Kier molecular flexibility index (Phi) is 5.67. The summed E-state index contributed by atoms with van der Waals surface area (Å²) in [6, 6.07) is 12.4. The van der Waals surface area contributed by atoms with Crippen molar-refractivity contribution >= 4 is 27.5 Å². The summed E-state index contributed by atoms with van der Waals surface area (Å²) in [5, 5.41) is -0.548. The molecule has 0 atom stereocenters. The first kappa shape index (κ1) is 18.9. The minimum Gasteiger partial charge on any atom is -0.339 e. The largest absolute Gasteiger partial charge is 0.339 e. The van der Waals surface area contributed by atoms with Crippen LogP contribution in [-0.4, -0.2) is 43.8 Å². The van der Waals surface area contributed by atoms with Crippen molar-refractivity contribution in [2.75, 3.05) is 19.3 Å². The van der Waals surface area contributed by atoms with Gasteiger partial charge in [-0.05, 0) is 55.5 Å². The van der Waals surface area contributed by atoms with Crippen molar-refractivity contribution in [1.82, 2.24) is 4.90 Å². The van der Waals surface area contributed by atoms with Crippen LogP contribution in [0.4, 0.5) is 4.39 Å². The van der Waals surface area contributed by atoms with Crippen LogP contribution >= 0.6 is 11.8 Å². The van der Waals surface area contributed by atoms with Crippen molar-refractivity contribution in [2.45, 2.75) is 27.9 Å². The quantitative estimate of drug-likeness (QED) is 0.588. The fraction of sp³-hybridized carbons (Fsp3) is 0.316. The average Bonchev–Trinajstić information content (AvgIpc) is 2.68. The number of thioether (sulfide) groups is 1. The van der Waals surface area contributed by atoms with Gasteiger partial charge in [0, 0.05) is 18.0 Å². The molecule has 1 aliphatic rings. The molecule has 0 aliphatic carbocycles. The Morgan fingerprint density at radius 3 is 2.31 bits per heavy atom. The maximum Gasteiger partial charge on any atom is 0.254 e. The molecule has 1 amide bonds. The number of rotatable bonds is 4. The zero-order chi connectivity index (χ0) is 18.7. The minimum absolute atomic E-state index is 0.0624. The van der Waals surface area contributed by atoms with Gasteiger partial charge in [-0.3, -0.25) is 4.79 Å². The lowest BCUT2D eigenvalue weighted by Crippen LogP contribution is -2.42. The van der Waals surface area contributed by atoms with Crippen LogP contribution in [-0.2, 0) is 9.84 Å². The Morgan fingerprint density at radius 1 is 1.08 bits per heavy atom. The summed E-state index contributed by atoms with van der Waals surface area (Å²) >= 11 is 1.52. The second-order valence-electron chi connectivity index (χ2n) is 6.19. The van der Waals surface area contributed by atoms with Gasteiger partial charge in [0.2, 0.25) is 0 Å². The molecule has 2 aromatic carbocycles. The zero-order valence-electron chi connectivity index (χ0n) is 14.4. The molecule has 0 aromatic heterocycles.